The Balaban J connectivity index is 1.94. The molecular weight excluding hydrogens is 230 g/mol. The molecule has 0 spiro atoms. The van der Waals surface area contributed by atoms with E-state index in [0.29, 0.717) is 11.5 Å². The molecule has 1 aliphatic heterocycles. The van der Waals surface area contributed by atoms with E-state index in [1.807, 2.05) is 0 Å². The number of nitrogens with one attached hydrogen (secondary N) is 2. The molecule has 1 atom stereocenters. The van der Waals surface area contributed by atoms with Gasteiger partial charge in [0, 0.05) is 19.6 Å². The molecule has 6 heteroatoms. The van der Waals surface area contributed by atoms with Crippen LogP contribution in [0.2, 0.25) is 0 Å². The normalized spacial score (nSPS) is 20.4. The largest absolute Gasteiger partial charge is 0.372 e. The smallest absolute Gasteiger partial charge is 0.272 e. The van der Waals surface area contributed by atoms with Crippen molar-refractivity contribution in [2.45, 2.75) is 18.9 Å². The quantitative estimate of drug-likeness (QED) is 0.808. The van der Waals surface area contributed by atoms with Crippen molar-refractivity contribution in [2.24, 2.45) is 0 Å². The van der Waals surface area contributed by atoms with Gasteiger partial charge in [-0.25, -0.2) is 0 Å². The first-order valence-electron chi connectivity index (χ1n) is 6.20. The highest BCUT2D eigenvalue weighted by molar-refractivity contribution is 5.92. The summed E-state index contributed by atoms with van der Waals surface area (Å²) < 4.78 is 0. The zero-order valence-corrected chi connectivity index (χ0v) is 10.8. The molecule has 1 aliphatic rings. The first-order chi connectivity index (χ1) is 8.69. The van der Waals surface area contributed by atoms with Crippen molar-refractivity contribution < 1.29 is 4.79 Å². The Morgan fingerprint density at radius 2 is 2.28 bits per heavy atom. The molecule has 1 amide bonds. The molecule has 1 saturated heterocycles. The zero-order valence-electron chi connectivity index (χ0n) is 10.8. The number of rotatable bonds is 3. The maximum Gasteiger partial charge on any atom is 0.272 e. The summed E-state index contributed by atoms with van der Waals surface area (Å²) in [4.78, 5) is 14.2. The minimum atomic E-state index is -0.148. The van der Waals surface area contributed by atoms with Crippen LogP contribution in [0.5, 0.6) is 0 Å². The average Bonchev–Trinajstić information content (AvgIpc) is 2.39. The van der Waals surface area contributed by atoms with E-state index in [1.54, 1.807) is 19.2 Å². The van der Waals surface area contributed by atoms with Crippen LogP contribution in [0.3, 0.4) is 0 Å². The average molecular weight is 249 g/mol. The summed E-state index contributed by atoms with van der Waals surface area (Å²) in [7, 11) is 3.83. The number of likely N-dealkylation sites (tertiary alicyclic amines) is 1. The number of likely N-dealkylation sites (N-methyl/N-ethyl adjacent to an activating group) is 1. The summed E-state index contributed by atoms with van der Waals surface area (Å²) in [5.74, 6) is 0.509. The van der Waals surface area contributed by atoms with Gasteiger partial charge in [0.25, 0.3) is 5.91 Å². The number of aromatic nitrogens is 2. The van der Waals surface area contributed by atoms with Crippen LogP contribution in [0, 0.1) is 0 Å². The number of hydrogen-bond acceptors (Lipinski definition) is 5. The molecule has 2 heterocycles. The first kappa shape index (κ1) is 12.8. The molecule has 0 aliphatic carbocycles. The van der Waals surface area contributed by atoms with Gasteiger partial charge in [0.05, 0.1) is 0 Å². The van der Waals surface area contributed by atoms with E-state index in [-0.39, 0.29) is 11.9 Å². The Morgan fingerprint density at radius 3 is 2.89 bits per heavy atom. The lowest BCUT2D eigenvalue weighted by atomic mass is 10.1. The maximum absolute atomic E-state index is 12.0. The Kier molecular flexibility index (Phi) is 4.09. The molecule has 2 N–H and O–H groups in total. The summed E-state index contributed by atoms with van der Waals surface area (Å²) >= 11 is 0. The van der Waals surface area contributed by atoms with Crippen LogP contribution in [0.4, 0.5) is 5.82 Å². The fraction of sp³-hybridized carbons (Fsp3) is 0.583. The predicted molar refractivity (Wildman–Crippen MR) is 69.6 cm³/mol. The summed E-state index contributed by atoms with van der Waals surface area (Å²) in [6, 6.07) is 3.64. The van der Waals surface area contributed by atoms with Gasteiger partial charge < -0.3 is 15.5 Å². The lowest BCUT2D eigenvalue weighted by Gasteiger charge is -2.30. The van der Waals surface area contributed by atoms with Crippen molar-refractivity contribution in [1.82, 2.24) is 20.4 Å². The third-order valence-electron chi connectivity index (χ3n) is 3.11. The van der Waals surface area contributed by atoms with Gasteiger partial charge >= 0.3 is 0 Å². The van der Waals surface area contributed by atoms with Crippen molar-refractivity contribution >= 4 is 11.7 Å². The second-order valence-corrected chi connectivity index (χ2v) is 4.63. The van der Waals surface area contributed by atoms with Gasteiger partial charge in [-0.2, -0.15) is 0 Å². The van der Waals surface area contributed by atoms with Crippen molar-refractivity contribution in [2.75, 3.05) is 32.5 Å². The number of piperidine rings is 1. The van der Waals surface area contributed by atoms with E-state index in [9.17, 15) is 4.79 Å². The van der Waals surface area contributed by atoms with E-state index in [4.69, 9.17) is 0 Å². The number of amides is 1. The predicted octanol–water partition coefficient (Wildman–Crippen LogP) is 0.342. The van der Waals surface area contributed by atoms with Gasteiger partial charge in [-0.3, -0.25) is 4.79 Å². The minimum absolute atomic E-state index is 0.148. The van der Waals surface area contributed by atoms with E-state index in [0.717, 1.165) is 25.9 Å². The van der Waals surface area contributed by atoms with E-state index in [2.05, 4.69) is 32.8 Å². The second-order valence-electron chi connectivity index (χ2n) is 4.63. The summed E-state index contributed by atoms with van der Waals surface area (Å²) in [5.41, 5.74) is 0.363. The molecule has 1 fully saturated rings. The molecule has 98 valence electrons. The standard InChI is InChI=1S/C12H19N5O/c1-13-11-6-5-10(15-16-11)12(18)14-9-4-3-7-17(2)8-9/h5-6,9H,3-4,7-8H2,1-2H3,(H,13,16)(H,14,18). The summed E-state index contributed by atoms with van der Waals surface area (Å²) in [6.45, 7) is 2.00. The minimum Gasteiger partial charge on any atom is -0.372 e. The van der Waals surface area contributed by atoms with Crippen LogP contribution in [-0.4, -0.2) is 54.2 Å². The summed E-state index contributed by atoms with van der Waals surface area (Å²) in [6.07, 6.45) is 2.14. The molecule has 1 unspecified atom stereocenters. The van der Waals surface area contributed by atoms with Crippen LogP contribution in [0.15, 0.2) is 12.1 Å². The number of anilines is 1. The van der Waals surface area contributed by atoms with Crippen molar-refractivity contribution in [3.63, 3.8) is 0 Å². The fourth-order valence-electron chi connectivity index (χ4n) is 2.13. The Hall–Kier alpha value is -1.69. The lowest BCUT2D eigenvalue weighted by Crippen LogP contribution is -2.46. The van der Waals surface area contributed by atoms with Crippen LogP contribution in [-0.2, 0) is 0 Å². The summed E-state index contributed by atoms with van der Waals surface area (Å²) in [5, 5.41) is 13.7. The molecule has 0 saturated carbocycles. The van der Waals surface area contributed by atoms with Crippen molar-refractivity contribution in [3.05, 3.63) is 17.8 Å². The molecular formula is C12H19N5O. The Bertz CT molecular complexity index is 405. The molecule has 6 nitrogen and oxygen atoms in total. The second kappa shape index (κ2) is 5.77. The Morgan fingerprint density at radius 1 is 1.44 bits per heavy atom. The molecule has 0 radical (unpaired) electrons. The van der Waals surface area contributed by atoms with Crippen molar-refractivity contribution in [3.8, 4) is 0 Å². The van der Waals surface area contributed by atoms with Crippen LogP contribution >= 0.6 is 0 Å². The van der Waals surface area contributed by atoms with Crippen LogP contribution < -0.4 is 10.6 Å². The third-order valence-corrected chi connectivity index (χ3v) is 3.11. The molecule has 0 bridgehead atoms. The first-order valence-corrected chi connectivity index (χ1v) is 6.20. The number of hydrogen-bond donors (Lipinski definition) is 2. The van der Waals surface area contributed by atoms with Gasteiger partial charge in [-0.1, -0.05) is 0 Å². The van der Waals surface area contributed by atoms with E-state index >= 15 is 0 Å². The number of carbonyl (C=O) groups is 1. The topological polar surface area (TPSA) is 70.2 Å². The van der Waals surface area contributed by atoms with Gasteiger partial charge in [0.2, 0.25) is 0 Å². The molecule has 2 rings (SSSR count). The van der Waals surface area contributed by atoms with E-state index in [1.165, 1.54) is 0 Å². The molecule has 0 aromatic carbocycles. The molecule has 18 heavy (non-hydrogen) atoms. The van der Waals surface area contributed by atoms with Gasteiger partial charge in [-0.15, -0.1) is 10.2 Å². The number of carbonyl (C=O) groups excluding carboxylic acids is 1. The van der Waals surface area contributed by atoms with Crippen molar-refractivity contribution in [1.29, 1.82) is 0 Å². The maximum atomic E-state index is 12.0. The van der Waals surface area contributed by atoms with Crippen LogP contribution in [0.1, 0.15) is 23.3 Å². The number of nitrogens with zero attached hydrogens (tertiary/aromatic N) is 3. The fourth-order valence-corrected chi connectivity index (χ4v) is 2.13. The van der Waals surface area contributed by atoms with Crippen LogP contribution in [0.25, 0.3) is 0 Å². The molecule has 1 aromatic heterocycles. The highest BCUT2D eigenvalue weighted by Gasteiger charge is 2.20. The lowest BCUT2D eigenvalue weighted by molar-refractivity contribution is 0.0906. The molecule has 1 aromatic rings. The van der Waals surface area contributed by atoms with E-state index < -0.39 is 0 Å². The monoisotopic (exact) mass is 249 g/mol. The Labute approximate surface area is 107 Å². The highest BCUT2D eigenvalue weighted by Crippen LogP contribution is 2.09. The third kappa shape index (κ3) is 3.16. The van der Waals surface area contributed by atoms with Gasteiger partial charge in [0.15, 0.2) is 5.69 Å². The van der Waals surface area contributed by atoms with Gasteiger partial charge in [-0.05, 0) is 38.6 Å². The zero-order chi connectivity index (χ0) is 13.0. The SMILES string of the molecule is CNc1ccc(C(=O)NC2CCCN(C)C2)nn1. The highest BCUT2D eigenvalue weighted by atomic mass is 16.2. The van der Waals surface area contributed by atoms with Gasteiger partial charge in [0.1, 0.15) is 5.82 Å².